The predicted molar refractivity (Wildman–Crippen MR) is 68.6 cm³/mol. The number of hydrogen-bond acceptors (Lipinski definition) is 5. The number of ether oxygens (including phenoxy) is 1. The van der Waals surface area contributed by atoms with Crippen LogP contribution in [-0.2, 0) is 4.74 Å². The lowest BCUT2D eigenvalue weighted by Gasteiger charge is -2.29. The summed E-state index contributed by atoms with van der Waals surface area (Å²) in [6, 6.07) is 0. The molecule has 0 aliphatic carbocycles. The van der Waals surface area contributed by atoms with Crippen LogP contribution >= 0.6 is 0 Å². The van der Waals surface area contributed by atoms with Crippen molar-refractivity contribution < 1.29 is 4.74 Å². The van der Waals surface area contributed by atoms with Gasteiger partial charge in [-0.05, 0) is 13.3 Å². The molecule has 1 N–H and O–H groups in total. The third kappa shape index (κ3) is 3.06. The maximum atomic E-state index is 5.36. The molecular weight excluding hydrogens is 216 g/mol. The van der Waals surface area contributed by atoms with Crippen LogP contribution in [0, 0.1) is 6.92 Å². The predicted octanol–water partition coefficient (Wildman–Crippen LogP) is 1.44. The van der Waals surface area contributed by atoms with Crippen LogP contribution in [0.4, 0.5) is 11.8 Å². The van der Waals surface area contributed by atoms with Gasteiger partial charge < -0.3 is 15.0 Å². The molecule has 0 bridgehead atoms. The van der Waals surface area contributed by atoms with Crippen LogP contribution < -0.4 is 10.2 Å². The van der Waals surface area contributed by atoms with Crippen molar-refractivity contribution in [3.05, 3.63) is 11.8 Å². The van der Waals surface area contributed by atoms with Gasteiger partial charge in [0.05, 0.1) is 13.2 Å². The molecule has 1 aliphatic rings. The Hall–Kier alpha value is -1.36. The van der Waals surface area contributed by atoms with E-state index in [9.17, 15) is 0 Å². The largest absolute Gasteiger partial charge is 0.378 e. The fourth-order valence-electron chi connectivity index (χ4n) is 1.85. The summed E-state index contributed by atoms with van der Waals surface area (Å²) in [5.74, 6) is 1.75. The van der Waals surface area contributed by atoms with Gasteiger partial charge in [-0.2, -0.15) is 4.98 Å². The summed E-state index contributed by atoms with van der Waals surface area (Å²) in [4.78, 5) is 11.1. The highest BCUT2D eigenvalue weighted by atomic mass is 16.5. The summed E-state index contributed by atoms with van der Waals surface area (Å²) >= 11 is 0. The van der Waals surface area contributed by atoms with Crippen LogP contribution in [0.15, 0.2) is 6.20 Å². The van der Waals surface area contributed by atoms with Gasteiger partial charge in [0.2, 0.25) is 5.95 Å². The second kappa shape index (κ2) is 5.82. The normalized spacial score (nSPS) is 16.0. The maximum absolute atomic E-state index is 5.36. The molecule has 0 spiro atoms. The van der Waals surface area contributed by atoms with Crippen molar-refractivity contribution in [2.24, 2.45) is 0 Å². The second-order valence-electron chi connectivity index (χ2n) is 4.23. The van der Waals surface area contributed by atoms with Gasteiger partial charge in [-0.15, -0.1) is 0 Å². The number of rotatable bonds is 4. The Bertz CT molecular complexity index is 364. The Kier molecular flexibility index (Phi) is 4.14. The molecule has 5 heteroatoms. The second-order valence-corrected chi connectivity index (χ2v) is 4.23. The summed E-state index contributed by atoms with van der Waals surface area (Å²) in [7, 11) is 0. The van der Waals surface area contributed by atoms with Crippen LogP contribution in [0.2, 0.25) is 0 Å². The Morgan fingerprint density at radius 1 is 1.41 bits per heavy atom. The van der Waals surface area contributed by atoms with Gasteiger partial charge in [0.15, 0.2) is 0 Å². The monoisotopic (exact) mass is 236 g/mol. The van der Waals surface area contributed by atoms with Crippen molar-refractivity contribution in [2.75, 3.05) is 43.1 Å². The van der Waals surface area contributed by atoms with Crippen molar-refractivity contribution in [3.63, 3.8) is 0 Å². The molecule has 2 rings (SSSR count). The Balaban J connectivity index is 2.13. The highest BCUT2D eigenvalue weighted by Gasteiger charge is 2.15. The fourth-order valence-corrected chi connectivity index (χ4v) is 1.85. The Morgan fingerprint density at radius 2 is 2.18 bits per heavy atom. The fraction of sp³-hybridized carbons (Fsp3) is 0.667. The van der Waals surface area contributed by atoms with Gasteiger partial charge in [0, 0.05) is 31.4 Å². The van der Waals surface area contributed by atoms with E-state index in [4.69, 9.17) is 4.74 Å². The average Bonchev–Trinajstić information content (AvgIpc) is 2.39. The van der Waals surface area contributed by atoms with Crippen LogP contribution in [0.5, 0.6) is 0 Å². The summed E-state index contributed by atoms with van der Waals surface area (Å²) in [5.41, 5.74) is 1.12. The standard InChI is InChI=1S/C12H20N4O/c1-3-4-13-12-14-9-10(2)11(15-12)16-5-7-17-8-6-16/h9H,3-8H2,1-2H3,(H,13,14,15). The molecule has 2 heterocycles. The number of morpholine rings is 1. The molecular formula is C12H20N4O. The summed E-state index contributed by atoms with van der Waals surface area (Å²) in [6.07, 6.45) is 2.96. The molecule has 0 saturated carbocycles. The number of aryl methyl sites for hydroxylation is 1. The topological polar surface area (TPSA) is 50.3 Å². The van der Waals surface area contributed by atoms with E-state index >= 15 is 0 Å². The zero-order valence-electron chi connectivity index (χ0n) is 10.6. The maximum Gasteiger partial charge on any atom is 0.224 e. The quantitative estimate of drug-likeness (QED) is 0.857. The molecule has 94 valence electrons. The average molecular weight is 236 g/mol. The first-order chi connectivity index (χ1) is 8.31. The Labute approximate surface area is 102 Å². The van der Waals surface area contributed by atoms with Crippen molar-refractivity contribution in [2.45, 2.75) is 20.3 Å². The summed E-state index contributed by atoms with van der Waals surface area (Å²) < 4.78 is 5.36. The SMILES string of the molecule is CCCNc1ncc(C)c(N2CCOCC2)n1. The van der Waals surface area contributed by atoms with Crippen molar-refractivity contribution >= 4 is 11.8 Å². The lowest BCUT2D eigenvalue weighted by Crippen LogP contribution is -2.37. The third-order valence-electron chi connectivity index (χ3n) is 2.79. The first kappa shape index (κ1) is 12.1. The molecule has 1 aromatic heterocycles. The van der Waals surface area contributed by atoms with Crippen molar-refractivity contribution in [1.29, 1.82) is 0 Å². The van der Waals surface area contributed by atoms with Gasteiger partial charge in [0.1, 0.15) is 5.82 Å². The number of aromatic nitrogens is 2. The van der Waals surface area contributed by atoms with E-state index in [0.29, 0.717) is 0 Å². The number of nitrogens with one attached hydrogen (secondary N) is 1. The zero-order valence-corrected chi connectivity index (χ0v) is 10.6. The van der Waals surface area contributed by atoms with Crippen molar-refractivity contribution in [3.8, 4) is 0 Å². The number of anilines is 2. The third-order valence-corrected chi connectivity index (χ3v) is 2.79. The summed E-state index contributed by atoms with van der Waals surface area (Å²) in [6.45, 7) is 8.46. The van der Waals surface area contributed by atoms with Crippen LogP contribution in [0.1, 0.15) is 18.9 Å². The molecule has 1 fully saturated rings. The molecule has 5 nitrogen and oxygen atoms in total. The molecule has 0 atom stereocenters. The molecule has 1 aliphatic heterocycles. The van der Waals surface area contributed by atoms with Gasteiger partial charge in [-0.1, -0.05) is 6.92 Å². The van der Waals surface area contributed by atoms with E-state index in [1.54, 1.807) is 0 Å². The zero-order chi connectivity index (χ0) is 12.1. The van der Waals surface area contributed by atoms with E-state index in [1.165, 1.54) is 0 Å². The molecule has 0 aromatic carbocycles. The minimum atomic E-state index is 0.721. The van der Waals surface area contributed by atoms with E-state index in [0.717, 1.165) is 56.6 Å². The van der Waals surface area contributed by atoms with Gasteiger partial charge in [-0.3, -0.25) is 0 Å². The van der Waals surface area contributed by atoms with Gasteiger partial charge in [-0.25, -0.2) is 4.98 Å². The molecule has 0 radical (unpaired) electrons. The first-order valence-corrected chi connectivity index (χ1v) is 6.21. The minimum Gasteiger partial charge on any atom is -0.378 e. The Morgan fingerprint density at radius 3 is 2.88 bits per heavy atom. The smallest absolute Gasteiger partial charge is 0.224 e. The van der Waals surface area contributed by atoms with Crippen molar-refractivity contribution in [1.82, 2.24) is 9.97 Å². The lowest BCUT2D eigenvalue weighted by molar-refractivity contribution is 0.122. The first-order valence-electron chi connectivity index (χ1n) is 6.21. The highest BCUT2D eigenvalue weighted by Crippen LogP contribution is 2.18. The van der Waals surface area contributed by atoms with E-state index in [-0.39, 0.29) is 0 Å². The molecule has 0 amide bonds. The lowest BCUT2D eigenvalue weighted by atomic mass is 10.3. The van der Waals surface area contributed by atoms with Crippen LogP contribution in [0.25, 0.3) is 0 Å². The van der Waals surface area contributed by atoms with E-state index in [1.807, 2.05) is 13.1 Å². The molecule has 0 unspecified atom stereocenters. The van der Waals surface area contributed by atoms with Gasteiger partial charge in [0.25, 0.3) is 0 Å². The van der Waals surface area contributed by atoms with E-state index < -0.39 is 0 Å². The molecule has 1 aromatic rings. The van der Waals surface area contributed by atoms with Crippen LogP contribution in [-0.4, -0.2) is 42.8 Å². The minimum absolute atomic E-state index is 0.721. The van der Waals surface area contributed by atoms with Gasteiger partial charge >= 0.3 is 0 Å². The number of nitrogens with zero attached hydrogens (tertiary/aromatic N) is 3. The van der Waals surface area contributed by atoms with E-state index in [2.05, 4.69) is 27.1 Å². The van der Waals surface area contributed by atoms with Crippen LogP contribution in [0.3, 0.4) is 0 Å². The molecule has 17 heavy (non-hydrogen) atoms. The molecule has 1 saturated heterocycles. The number of hydrogen-bond donors (Lipinski definition) is 1. The highest BCUT2D eigenvalue weighted by molar-refractivity contribution is 5.49. The summed E-state index contributed by atoms with van der Waals surface area (Å²) in [5, 5.41) is 3.22.